The Labute approximate surface area is 257 Å². The number of hydrogen-bond acceptors (Lipinski definition) is 9. The lowest BCUT2D eigenvalue weighted by Gasteiger charge is -2.41. The second-order valence-electron chi connectivity index (χ2n) is 13.7. The Kier molecular flexibility index (Phi) is 7.98. The first-order chi connectivity index (χ1) is 20.0. The molecule has 0 saturated carbocycles. The summed E-state index contributed by atoms with van der Waals surface area (Å²) in [7, 11) is 0. The van der Waals surface area contributed by atoms with E-state index in [1.54, 1.807) is 41.3 Å². The van der Waals surface area contributed by atoms with Gasteiger partial charge in [-0.2, -0.15) is 0 Å². The first-order valence-corrected chi connectivity index (χ1v) is 15.6. The Bertz CT molecular complexity index is 1430. The third-order valence-electron chi connectivity index (χ3n) is 8.05. The number of nitrogens with one attached hydrogen (secondary N) is 1. The Morgan fingerprint density at radius 3 is 2.35 bits per heavy atom. The largest absolute Gasteiger partial charge is 0.488 e. The Morgan fingerprint density at radius 2 is 1.72 bits per heavy atom. The van der Waals surface area contributed by atoms with E-state index in [0.29, 0.717) is 35.7 Å². The normalized spacial score (nSPS) is 27.0. The number of Topliss-reactive ketones (excluding diaryl/α,β-unsaturated/α-hetero) is 1. The second kappa shape index (κ2) is 11.0. The van der Waals surface area contributed by atoms with Gasteiger partial charge in [-0.15, -0.1) is 11.8 Å². The van der Waals surface area contributed by atoms with Gasteiger partial charge in [0.15, 0.2) is 5.78 Å². The standard InChI is InChI=1S/C32H43N5O5S/c1-30(2,3)41-19-11-9-17(10-12-19)32(35)20-13-14-21(33)25-22(20)23(24(34)27(32)38)26(43-25)28(39)36-18-8-7-15-37(16-18)29(40)42-31(4,5)6/h9-14,18,23-24,26H,7-8,15-16,33-35H2,1-6H3,(H,36,39)/t18-,23?,24?,26?,32?/m1/s1. The van der Waals surface area contributed by atoms with Gasteiger partial charge in [-0.1, -0.05) is 18.2 Å². The fraction of sp³-hybridized carbons (Fsp3) is 0.531. The molecule has 0 radical (unpaired) electrons. The van der Waals surface area contributed by atoms with Crippen molar-refractivity contribution in [1.82, 2.24) is 10.2 Å². The number of nitrogens with two attached hydrogens (primary N) is 3. The number of benzene rings is 2. The van der Waals surface area contributed by atoms with E-state index >= 15 is 0 Å². The van der Waals surface area contributed by atoms with E-state index in [1.165, 1.54) is 11.8 Å². The maximum absolute atomic E-state index is 14.1. The van der Waals surface area contributed by atoms with Gasteiger partial charge >= 0.3 is 6.09 Å². The Morgan fingerprint density at radius 1 is 1.05 bits per heavy atom. The molecule has 1 aliphatic carbocycles. The molecule has 2 aromatic carbocycles. The van der Waals surface area contributed by atoms with Crippen LogP contribution < -0.4 is 27.3 Å². The summed E-state index contributed by atoms with van der Waals surface area (Å²) < 4.78 is 11.5. The van der Waals surface area contributed by atoms with Gasteiger partial charge in [0, 0.05) is 35.6 Å². The van der Waals surface area contributed by atoms with Gasteiger partial charge in [-0.05, 0) is 89.3 Å². The lowest BCUT2D eigenvalue weighted by atomic mass is 9.65. The van der Waals surface area contributed by atoms with Crippen molar-refractivity contribution in [3.05, 3.63) is 53.1 Å². The highest BCUT2D eigenvalue weighted by atomic mass is 32.2. The molecule has 1 fully saturated rings. The molecule has 0 bridgehead atoms. The molecule has 43 heavy (non-hydrogen) atoms. The van der Waals surface area contributed by atoms with Crippen LogP contribution in [0.2, 0.25) is 0 Å². The minimum atomic E-state index is -1.52. The zero-order valence-electron chi connectivity index (χ0n) is 25.7. The quantitative estimate of drug-likeness (QED) is 0.379. The average Bonchev–Trinajstić information content (AvgIpc) is 3.32. The fourth-order valence-electron chi connectivity index (χ4n) is 6.23. The molecule has 0 aromatic heterocycles. The fourth-order valence-corrected chi connectivity index (χ4v) is 7.68. The highest BCUT2D eigenvalue weighted by molar-refractivity contribution is 8.01. The van der Waals surface area contributed by atoms with Crippen molar-refractivity contribution in [3.8, 4) is 5.75 Å². The minimum Gasteiger partial charge on any atom is -0.488 e. The third-order valence-corrected chi connectivity index (χ3v) is 9.50. The first-order valence-electron chi connectivity index (χ1n) is 14.8. The molecule has 11 heteroatoms. The summed E-state index contributed by atoms with van der Waals surface area (Å²) in [6.07, 6.45) is 1.05. The number of nitrogen functional groups attached to an aromatic ring is 1. The smallest absolute Gasteiger partial charge is 0.410 e. The molecule has 5 rings (SSSR count). The number of amides is 2. The summed E-state index contributed by atoms with van der Waals surface area (Å²) in [5.41, 5.74) is 20.1. The number of rotatable bonds is 4. The number of carbonyl (C=O) groups excluding carboxylic acids is 3. The van der Waals surface area contributed by atoms with Crippen LogP contribution in [-0.4, -0.2) is 64.3 Å². The topological polar surface area (TPSA) is 163 Å². The maximum atomic E-state index is 14.1. The maximum Gasteiger partial charge on any atom is 0.410 e. The van der Waals surface area contributed by atoms with Crippen LogP contribution in [0, 0.1) is 0 Å². The molecule has 0 spiro atoms. The predicted octanol–water partition coefficient (Wildman–Crippen LogP) is 3.63. The zero-order valence-corrected chi connectivity index (χ0v) is 26.5. The van der Waals surface area contributed by atoms with Gasteiger partial charge in [0.25, 0.3) is 0 Å². The number of anilines is 1. The summed E-state index contributed by atoms with van der Waals surface area (Å²) >= 11 is 1.32. The van der Waals surface area contributed by atoms with Gasteiger partial charge in [0.05, 0.1) is 11.3 Å². The van der Waals surface area contributed by atoms with E-state index in [0.717, 1.165) is 23.3 Å². The van der Waals surface area contributed by atoms with Crippen molar-refractivity contribution in [2.24, 2.45) is 11.5 Å². The van der Waals surface area contributed by atoms with Crippen LogP contribution in [0.25, 0.3) is 0 Å². The number of likely N-dealkylation sites (tertiary alicyclic amines) is 1. The number of ether oxygens (including phenoxy) is 2. The van der Waals surface area contributed by atoms with Gasteiger partial charge in [0.2, 0.25) is 5.91 Å². The van der Waals surface area contributed by atoms with Gasteiger partial charge in [-0.3, -0.25) is 9.59 Å². The van der Waals surface area contributed by atoms with Crippen molar-refractivity contribution < 1.29 is 23.9 Å². The molecular formula is C32H43N5O5S. The van der Waals surface area contributed by atoms with Crippen LogP contribution in [0.4, 0.5) is 10.5 Å². The van der Waals surface area contributed by atoms with Crippen LogP contribution in [0.1, 0.15) is 77.0 Å². The molecule has 1 saturated heterocycles. The van der Waals surface area contributed by atoms with Crippen molar-refractivity contribution in [3.63, 3.8) is 0 Å². The molecule has 7 N–H and O–H groups in total. The van der Waals surface area contributed by atoms with Crippen LogP contribution in [-0.2, 0) is 19.9 Å². The zero-order chi connectivity index (χ0) is 31.5. The average molecular weight is 610 g/mol. The first kappa shape index (κ1) is 31.2. The summed E-state index contributed by atoms with van der Waals surface area (Å²) in [5.74, 6) is -0.548. The highest BCUT2D eigenvalue weighted by Crippen LogP contribution is 2.56. The van der Waals surface area contributed by atoms with E-state index in [-0.39, 0.29) is 23.3 Å². The third kappa shape index (κ3) is 5.94. The van der Waals surface area contributed by atoms with Crippen LogP contribution in [0.15, 0.2) is 41.3 Å². The number of hydrogen-bond donors (Lipinski definition) is 4. The van der Waals surface area contributed by atoms with Crippen LogP contribution >= 0.6 is 11.8 Å². The lowest BCUT2D eigenvalue weighted by Crippen LogP contribution is -2.61. The van der Waals surface area contributed by atoms with Crippen molar-refractivity contribution in [1.29, 1.82) is 0 Å². The number of ketones is 1. The predicted molar refractivity (Wildman–Crippen MR) is 167 cm³/mol. The van der Waals surface area contributed by atoms with Crippen molar-refractivity contribution in [2.45, 2.75) is 99.3 Å². The second-order valence-corrected chi connectivity index (χ2v) is 14.9. The number of piperidine rings is 1. The Hall–Kier alpha value is -3.28. The minimum absolute atomic E-state index is 0.246. The molecule has 2 aromatic rings. The summed E-state index contributed by atoms with van der Waals surface area (Å²) in [5, 5.41) is 2.44. The molecular weight excluding hydrogens is 566 g/mol. The molecule has 232 valence electrons. The lowest BCUT2D eigenvalue weighted by molar-refractivity contribution is -0.126. The number of nitrogens with zero attached hydrogens (tertiary/aromatic N) is 1. The number of thioether (sulfide) groups is 1. The van der Waals surface area contributed by atoms with Gasteiger partial charge in [0.1, 0.15) is 22.5 Å². The Balaban J connectivity index is 1.41. The van der Waals surface area contributed by atoms with E-state index in [9.17, 15) is 14.4 Å². The molecule has 10 nitrogen and oxygen atoms in total. The van der Waals surface area contributed by atoms with Gasteiger partial charge in [-0.25, -0.2) is 4.79 Å². The molecule has 4 unspecified atom stereocenters. The van der Waals surface area contributed by atoms with Crippen LogP contribution in [0.3, 0.4) is 0 Å². The van der Waals surface area contributed by atoms with E-state index in [1.807, 2.05) is 41.5 Å². The highest BCUT2D eigenvalue weighted by Gasteiger charge is 2.56. The summed E-state index contributed by atoms with van der Waals surface area (Å²) in [4.78, 5) is 42.9. The summed E-state index contributed by atoms with van der Waals surface area (Å²) in [6.45, 7) is 12.3. The molecule has 2 heterocycles. The SMILES string of the molecule is CC(C)(C)OC(=O)N1CCC[C@@H](NC(=O)C2Sc3c(N)ccc4c3C2C(N)C(=O)C4(N)c2ccc(OC(C)(C)C)cc2)C1. The van der Waals surface area contributed by atoms with Crippen LogP contribution in [0.5, 0.6) is 5.75 Å². The van der Waals surface area contributed by atoms with E-state index in [4.69, 9.17) is 26.7 Å². The number of carbonyl (C=O) groups is 3. The van der Waals surface area contributed by atoms with Crippen molar-refractivity contribution in [2.75, 3.05) is 18.8 Å². The van der Waals surface area contributed by atoms with E-state index in [2.05, 4.69) is 5.32 Å². The molecule has 2 aliphatic heterocycles. The van der Waals surface area contributed by atoms with E-state index < -0.39 is 34.4 Å². The molecule has 2 amide bonds. The summed E-state index contributed by atoms with van der Waals surface area (Å²) in [6, 6.07) is 9.42. The molecule has 5 atom stereocenters. The molecule has 3 aliphatic rings. The monoisotopic (exact) mass is 609 g/mol. The van der Waals surface area contributed by atoms with Crippen molar-refractivity contribution >= 4 is 35.2 Å². The van der Waals surface area contributed by atoms with Gasteiger partial charge < -0.3 is 36.9 Å².